The number of benzene rings is 1. The molecule has 1 N–H and O–H groups in total. The Morgan fingerprint density at radius 2 is 2.07 bits per heavy atom. The van der Waals surface area contributed by atoms with Gasteiger partial charge in [0.15, 0.2) is 5.54 Å². The first-order valence-electron chi connectivity index (χ1n) is 5.00. The van der Waals surface area contributed by atoms with Crippen LogP contribution in [0.15, 0.2) is 30.3 Å². The zero-order valence-electron chi connectivity index (χ0n) is 9.16. The van der Waals surface area contributed by atoms with Crippen molar-refractivity contribution in [2.45, 2.75) is 12.5 Å². The third-order valence-corrected chi connectivity index (χ3v) is 2.30. The van der Waals surface area contributed by atoms with E-state index in [-0.39, 0.29) is 0 Å². The van der Waals surface area contributed by atoms with Crippen LogP contribution < -0.4 is 5.32 Å². The molecule has 0 bridgehead atoms. The van der Waals surface area contributed by atoms with E-state index in [4.69, 9.17) is 4.74 Å². The molecular weight excluding hydrogens is 188 g/mol. The summed E-state index contributed by atoms with van der Waals surface area (Å²) in [5.74, 6) is 0. The van der Waals surface area contributed by atoms with E-state index in [0.717, 1.165) is 12.1 Å². The van der Waals surface area contributed by atoms with Crippen LogP contribution in [-0.2, 0) is 10.3 Å². The fraction of sp³-hybridized carbons (Fsp3) is 0.417. The third-order valence-electron chi connectivity index (χ3n) is 2.30. The van der Waals surface area contributed by atoms with Gasteiger partial charge < -0.3 is 4.74 Å². The Hall–Kier alpha value is -1.37. The lowest BCUT2D eigenvalue weighted by Crippen LogP contribution is -2.44. The van der Waals surface area contributed by atoms with Gasteiger partial charge in [-0.05, 0) is 12.1 Å². The van der Waals surface area contributed by atoms with Gasteiger partial charge in [0.1, 0.15) is 0 Å². The Bertz CT molecular complexity index is 323. The van der Waals surface area contributed by atoms with E-state index < -0.39 is 5.54 Å². The lowest BCUT2D eigenvalue weighted by molar-refractivity contribution is 0.138. The highest BCUT2D eigenvalue weighted by Crippen LogP contribution is 2.20. The van der Waals surface area contributed by atoms with Gasteiger partial charge >= 0.3 is 0 Å². The lowest BCUT2D eigenvalue weighted by Gasteiger charge is -2.27. The van der Waals surface area contributed by atoms with Crippen molar-refractivity contribution >= 4 is 0 Å². The van der Waals surface area contributed by atoms with Gasteiger partial charge in [-0.25, -0.2) is 0 Å². The summed E-state index contributed by atoms with van der Waals surface area (Å²) in [5, 5.41) is 12.5. The summed E-state index contributed by atoms with van der Waals surface area (Å²) < 4.78 is 5.12. The molecule has 3 heteroatoms. The zero-order chi connectivity index (χ0) is 11.1. The fourth-order valence-corrected chi connectivity index (χ4v) is 1.61. The van der Waals surface area contributed by atoms with Crippen molar-refractivity contribution < 1.29 is 4.74 Å². The quantitative estimate of drug-likeness (QED) is 0.793. The van der Waals surface area contributed by atoms with Crippen molar-refractivity contribution in [1.29, 1.82) is 5.26 Å². The first-order chi connectivity index (χ1) is 7.29. The summed E-state index contributed by atoms with van der Waals surface area (Å²) in [6.07, 6.45) is 0. The standard InChI is InChI=1S/C12H16N2O/c1-3-14-12(9-13,10-15-2)11-7-5-4-6-8-11/h4-8,14H,3,10H2,1-2H3. The smallest absolute Gasteiger partial charge is 0.155 e. The lowest BCUT2D eigenvalue weighted by atomic mass is 9.92. The van der Waals surface area contributed by atoms with Crippen LogP contribution in [-0.4, -0.2) is 20.3 Å². The number of nitrogens with zero attached hydrogens (tertiary/aromatic N) is 1. The van der Waals surface area contributed by atoms with E-state index in [9.17, 15) is 5.26 Å². The third kappa shape index (κ3) is 2.56. The van der Waals surface area contributed by atoms with Gasteiger partial charge in [-0.2, -0.15) is 5.26 Å². The predicted molar refractivity (Wildman–Crippen MR) is 59.3 cm³/mol. The predicted octanol–water partition coefficient (Wildman–Crippen LogP) is 1.66. The first kappa shape index (κ1) is 11.7. The fourth-order valence-electron chi connectivity index (χ4n) is 1.61. The number of ether oxygens (including phenoxy) is 1. The molecule has 1 unspecified atom stereocenters. The van der Waals surface area contributed by atoms with Gasteiger partial charge in [0.2, 0.25) is 0 Å². The maximum absolute atomic E-state index is 9.30. The molecule has 0 aliphatic heterocycles. The van der Waals surface area contributed by atoms with E-state index in [0.29, 0.717) is 6.61 Å². The van der Waals surface area contributed by atoms with Crippen LogP contribution in [0, 0.1) is 11.3 Å². The molecule has 80 valence electrons. The molecule has 3 nitrogen and oxygen atoms in total. The molecule has 1 rings (SSSR count). The normalized spacial score (nSPS) is 14.2. The number of hydrogen-bond acceptors (Lipinski definition) is 3. The molecule has 15 heavy (non-hydrogen) atoms. The second-order valence-corrected chi connectivity index (χ2v) is 3.35. The Labute approximate surface area is 90.7 Å². The van der Waals surface area contributed by atoms with Crippen molar-refractivity contribution in [3.63, 3.8) is 0 Å². The summed E-state index contributed by atoms with van der Waals surface area (Å²) in [6, 6.07) is 12.0. The van der Waals surface area contributed by atoms with Gasteiger partial charge in [0.05, 0.1) is 12.7 Å². The molecule has 0 saturated heterocycles. The van der Waals surface area contributed by atoms with Crippen molar-refractivity contribution in [1.82, 2.24) is 5.32 Å². The molecule has 0 radical (unpaired) electrons. The van der Waals surface area contributed by atoms with E-state index in [2.05, 4.69) is 11.4 Å². The van der Waals surface area contributed by atoms with Crippen molar-refractivity contribution in [2.75, 3.05) is 20.3 Å². The van der Waals surface area contributed by atoms with E-state index in [1.807, 2.05) is 37.3 Å². The van der Waals surface area contributed by atoms with Crippen LogP contribution in [0.3, 0.4) is 0 Å². The number of hydrogen-bond donors (Lipinski definition) is 1. The highest BCUT2D eigenvalue weighted by Gasteiger charge is 2.30. The van der Waals surface area contributed by atoms with Crippen molar-refractivity contribution in [2.24, 2.45) is 0 Å². The molecule has 0 heterocycles. The second kappa shape index (κ2) is 5.50. The van der Waals surface area contributed by atoms with Crippen LogP contribution in [0.2, 0.25) is 0 Å². The number of likely N-dealkylation sites (N-methyl/N-ethyl adjacent to an activating group) is 1. The summed E-state index contributed by atoms with van der Waals surface area (Å²) >= 11 is 0. The molecule has 0 aliphatic rings. The highest BCUT2D eigenvalue weighted by molar-refractivity contribution is 5.31. The zero-order valence-corrected chi connectivity index (χ0v) is 9.16. The average Bonchev–Trinajstić information content (AvgIpc) is 2.30. The minimum Gasteiger partial charge on any atom is -0.381 e. The molecule has 0 aromatic heterocycles. The first-order valence-corrected chi connectivity index (χ1v) is 5.00. The Morgan fingerprint density at radius 3 is 2.53 bits per heavy atom. The molecule has 1 atom stereocenters. The SMILES string of the molecule is CCNC(C#N)(COC)c1ccccc1. The van der Waals surface area contributed by atoms with Crippen molar-refractivity contribution in [3.8, 4) is 6.07 Å². The number of nitrogens with one attached hydrogen (secondary N) is 1. The molecule has 0 aliphatic carbocycles. The van der Waals surface area contributed by atoms with Crippen LogP contribution in [0.1, 0.15) is 12.5 Å². The summed E-state index contributed by atoms with van der Waals surface area (Å²) in [7, 11) is 1.60. The summed E-state index contributed by atoms with van der Waals surface area (Å²) in [4.78, 5) is 0. The van der Waals surface area contributed by atoms with E-state index in [1.54, 1.807) is 7.11 Å². The molecule has 1 aromatic carbocycles. The Morgan fingerprint density at radius 1 is 1.40 bits per heavy atom. The van der Waals surface area contributed by atoms with Gasteiger partial charge in [0.25, 0.3) is 0 Å². The van der Waals surface area contributed by atoms with E-state index >= 15 is 0 Å². The second-order valence-electron chi connectivity index (χ2n) is 3.35. The van der Waals surface area contributed by atoms with Crippen molar-refractivity contribution in [3.05, 3.63) is 35.9 Å². The summed E-state index contributed by atoms with van der Waals surface area (Å²) in [5.41, 5.74) is 0.210. The monoisotopic (exact) mass is 204 g/mol. The van der Waals surface area contributed by atoms with Gasteiger partial charge in [-0.15, -0.1) is 0 Å². The minimum atomic E-state index is -0.731. The number of methoxy groups -OCH3 is 1. The molecule has 0 spiro atoms. The molecule has 0 saturated carbocycles. The molecule has 1 aromatic rings. The maximum atomic E-state index is 9.30. The number of rotatable bonds is 5. The summed E-state index contributed by atoms with van der Waals surface area (Å²) in [6.45, 7) is 3.05. The van der Waals surface area contributed by atoms with Gasteiger partial charge in [-0.3, -0.25) is 5.32 Å². The highest BCUT2D eigenvalue weighted by atomic mass is 16.5. The minimum absolute atomic E-state index is 0.349. The van der Waals surface area contributed by atoms with Crippen LogP contribution in [0.4, 0.5) is 0 Å². The Balaban J connectivity index is 3.05. The van der Waals surface area contributed by atoms with Crippen LogP contribution >= 0.6 is 0 Å². The largest absolute Gasteiger partial charge is 0.381 e. The van der Waals surface area contributed by atoms with E-state index in [1.165, 1.54) is 0 Å². The molecular formula is C12H16N2O. The van der Waals surface area contributed by atoms with Gasteiger partial charge in [-0.1, -0.05) is 37.3 Å². The number of nitriles is 1. The van der Waals surface area contributed by atoms with Crippen LogP contribution in [0.25, 0.3) is 0 Å². The van der Waals surface area contributed by atoms with Crippen LogP contribution in [0.5, 0.6) is 0 Å². The molecule has 0 fully saturated rings. The topological polar surface area (TPSA) is 45.0 Å². The Kier molecular flexibility index (Phi) is 4.29. The van der Waals surface area contributed by atoms with Gasteiger partial charge in [0, 0.05) is 7.11 Å². The molecule has 0 amide bonds. The maximum Gasteiger partial charge on any atom is 0.155 e. The average molecular weight is 204 g/mol.